The number of sulfonamides is 1. The molecule has 2 rings (SSSR count). The second-order valence-electron chi connectivity index (χ2n) is 6.32. The summed E-state index contributed by atoms with van der Waals surface area (Å²) in [6, 6.07) is 7.08. The smallest absolute Gasteiger partial charge is 0.243 e. The maximum Gasteiger partial charge on any atom is 0.243 e. The van der Waals surface area contributed by atoms with E-state index in [0.717, 1.165) is 24.8 Å². The second kappa shape index (κ2) is 8.62. The number of nitrogens with zero attached hydrogens (tertiary/aromatic N) is 1. The van der Waals surface area contributed by atoms with Gasteiger partial charge in [0.15, 0.2) is 0 Å². The molecule has 0 atom stereocenters. The zero-order valence-corrected chi connectivity index (χ0v) is 15.4. The van der Waals surface area contributed by atoms with Crippen LogP contribution in [0.25, 0.3) is 0 Å². The predicted molar refractivity (Wildman–Crippen MR) is 95.2 cm³/mol. The summed E-state index contributed by atoms with van der Waals surface area (Å²) in [6.45, 7) is 5.65. The molecule has 0 saturated carbocycles. The first-order valence-corrected chi connectivity index (χ1v) is 10.3. The highest BCUT2D eigenvalue weighted by Crippen LogP contribution is 2.24. The summed E-state index contributed by atoms with van der Waals surface area (Å²) < 4.78 is 26.9. The van der Waals surface area contributed by atoms with E-state index >= 15 is 0 Å². The van der Waals surface area contributed by atoms with Crippen LogP contribution in [-0.4, -0.2) is 38.3 Å². The van der Waals surface area contributed by atoms with Crippen molar-refractivity contribution in [3.8, 4) is 0 Å². The van der Waals surface area contributed by atoms with E-state index in [9.17, 15) is 13.2 Å². The van der Waals surface area contributed by atoms with Crippen LogP contribution < -0.4 is 5.32 Å². The van der Waals surface area contributed by atoms with Gasteiger partial charge in [-0.3, -0.25) is 4.79 Å². The van der Waals surface area contributed by atoms with Gasteiger partial charge in [-0.25, -0.2) is 8.42 Å². The summed E-state index contributed by atoms with van der Waals surface area (Å²) >= 11 is 0. The molecule has 1 aromatic carbocycles. The minimum Gasteiger partial charge on any atom is -0.356 e. The molecule has 0 radical (unpaired) electrons. The van der Waals surface area contributed by atoms with Crippen molar-refractivity contribution in [1.29, 1.82) is 0 Å². The number of unbranched alkanes of at least 4 members (excludes halogenated alkanes) is 1. The van der Waals surface area contributed by atoms with Crippen molar-refractivity contribution < 1.29 is 13.2 Å². The highest BCUT2D eigenvalue weighted by Gasteiger charge is 2.31. The average molecular weight is 353 g/mol. The maximum absolute atomic E-state index is 12.7. The van der Waals surface area contributed by atoms with Gasteiger partial charge in [-0.05, 0) is 43.4 Å². The predicted octanol–water partition coefficient (Wildman–Crippen LogP) is 2.57. The molecular formula is C18H28N2O3S. The summed E-state index contributed by atoms with van der Waals surface area (Å²) in [7, 11) is -3.46. The molecule has 1 aliphatic rings. The van der Waals surface area contributed by atoms with Gasteiger partial charge in [-0.1, -0.05) is 32.4 Å². The van der Waals surface area contributed by atoms with Crippen LogP contribution in [0.3, 0.4) is 0 Å². The van der Waals surface area contributed by atoms with E-state index in [2.05, 4.69) is 12.2 Å². The summed E-state index contributed by atoms with van der Waals surface area (Å²) in [5.74, 6) is -0.0106. The fourth-order valence-corrected chi connectivity index (χ4v) is 4.41. The Morgan fingerprint density at radius 2 is 1.79 bits per heavy atom. The zero-order valence-electron chi connectivity index (χ0n) is 14.6. The van der Waals surface area contributed by atoms with Crippen molar-refractivity contribution in [2.75, 3.05) is 19.6 Å². The first-order chi connectivity index (χ1) is 11.5. The fourth-order valence-electron chi connectivity index (χ4n) is 2.94. The Bertz CT molecular complexity index is 633. The Balaban J connectivity index is 1.94. The molecule has 1 heterocycles. The van der Waals surface area contributed by atoms with Crippen molar-refractivity contribution in [2.45, 2.75) is 50.8 Å². The standard InChI is InChI=1S/C18H28N2O3S/c1-3-5-12-19-18(21)16-10-13-20(14-11-16)24(22,23)17-8-6-15(4-2)7-9-17/h6-9,16H,3-5,10-14H2,1-2H3,(H,19,21). The number of piperidine rings is 1. The molecular weight excluding hydrogens is 324 g/mol. The Kier molecular flexibility index (Phi) is 6.80. The first-order valence-electron chi connectivity index (χ1n) is 8.85. The zero-order chi connectivity index (χ0) is 17.6. The van der Waals surface area contributed by atoms with Crippen LogP contribution in [0, 0.1) is 5.92 Å². The number of benzene rings is 1. The quantitative estimate of drug-likeness (QED) is 0.767. The van der Waals surface area contributed by atoms with E-state index in [1.807, 2.05) is 19.1 Å². The highest BCUT2D eigenvalue weighted by atomic mass is 32.2. The topological polar surface area (TPSA) is 66.5 Å². The summed E-state index contributed by atoms with van der Waals surface area (Å²) in [5, 5.41) is 2.94. The molecule has 0 aliphatic carbocycles. The van der Waals surface area contributed by atoms with E-state index in [1.165, 1.54) is 4.31 Å². The third kappa shape index (κ3) is 4.57. The van der Waals surface area contributed by atoms with Gasteiger partial charge in [0.1, 0.15) is 0 Å². The number of hydrogen-bond acceptors (Lipinski definition) is 3. The van der Waals surface area contributed by atoms with Crippen LogP contribution in [-0.2, 0) is 21.2 Å². The number of carbonyl (C=O) groups is 1. The van der Waals surface area contributed by atoms with E-state index in [4.69, 9.17) is 0 Å². The molecule has 1 fully saturated rings. The van der Waals surface area contributed by atoms with Gasteiger partial charge in [0.05, 0.1) is 4.90 Å². The normalized spacial score (nSPS) is 16.9. The number of carbonyl (C=O) groups excluding carboxylic acids is 1. The molecule has 1 aromatic rings. The monoisotopic (exact) mass is 352 g/mol. The molecule has 1 amide bonds. The lowest BCUT2D eigenvalue weighted by molar-refractivity contribution is -0.126. The number of aryl methyl sites for hydroxylation is 1. The third-order valence-corrected chi connectivity index (χ3v) is 6.54. The SMILES string of the molecule is CCCCNC(=O)C1CCN(S(=O)(=O)c2ccc(CC)cc2)CC1. The molecule has 0 unspecified atom stereocenters. The van der Waals surface area contributed by atoms with Crippen molar-refractivity contribution in [2.24, 2.45) is 5.92 Å². The van der Waals surface area contributed by atoms with E-state index < -0.39 is 10.0 Å². The van der Waals surface area contributed by atoms with Gasteiger partial charge >= 0.3 is 0 Å². The van der Waals surface area contributed by atoms with E-state index in [1.54, 1.807) is 12.1 Å². The van der Waals surface area contributed by atoms with Crippen LogP contribution in [0.15, 0.2) is 29.2 Å². The van der Waals surface area contributed by atoms with Gasteiger partial charge in [-0.15, -0.1) is 0 Å². The summed E-state index contributed by atoms with van der Waals surface area (Å²) in [5.41, 5.74) is 1.12. The Labute approximate surface area is 145 Å². The van der Waals surface area contributed by atoms with Crippen LogP contribution in [0.2, 0.25) is 0 Å². The lowest BCUT2D eigenvalue weighted by Gasteiger charge is -2.30. The number of nitrogens with one attached hydrogen (secondary N) is 1. The second-order valence-corrected chi connectivity index (χ2v) is 8.26. The molecule has 134 valence electrons. The maximum atomic E-state index is 12.7. The van der Waals surface area contributed by atoms with Gasteiger partial charge in [0, 0.05) is 25.6 Å². The number of rotatable bonds is 7. The van der Waals surface area contributed by atoms with Crippen molar-refractivity contribution >= 4 is 15.9 Å². The van der Waals surface area contributed by atoms with E-state index in [0.29, 0.717) is 37.4 Å². The lowest BCUT2D eigenvalue weighted by atomic mass is 9.97. The highest BCUT2D eigenvalue weighted by molar-refractivity contribution is 7.89. The lowest BCUT2D eigenvalue weighted by Crippen LogP contribution is -2.43. The molecule has 6 heteroatoms. The molecule has 0 bridgehead atoms. The average Bonchev–Trinajstić information content (AvgIpc) is 2.62. The van der Waals surface area contributed by atoms with Gasteiger partial charge < -0.3 is 5.32 Å². The van der Waals surface area contributed by atoms with Crippen molar-refractivity contribution in [1.82, 2.24) is 9.62 Å². The van der Waals surface area contributed by atoms with Gasteiger partial charge in [0.2, 0.25) is 15.9 Å². The van der Waals surface area contributed by atoms with Gasteiger partial charge in [0.25, 0.3) is 0 Å². The number of hydrogen-bond donors (Lipinski definition) is 1. The minimum absolute atomic E-state index is 0.0628. The Morgan fingerprint density at radius 3 is 2.33 bits per heavy atom. The van der Waals surface area contributed by atoms with Gasteiger partial charge in [-0.2, -0.15) is 4.31 Å². The van der Waals surface area contributed by atoms with Crippen LogP contribution in [0.4, 0.5) is 0 Å². The Hall–Kier alpha value is -1.40. The largest absolute Gasteiger partial charge is 0.356 e. The minimum atomic E-state index is -3.46. The van der Waals surface area contributed by atoms with Crippen LogP contribution in [0.1, 0.15) is 45.1 Å². The van der Waals surface area contributed by atoms with Crippen molar-refractivity contribution in [3.05, 3.63) is 29.8 Å². The molecule has 1 saturated heterocycles. The van der Waals surface area contributed by atoms with Crippen LogP contribution in [0.5, 0.6) is 0 Å². The van der Waals surface area contributed by atoms with E-state index in [-0.39, 0.29) is 11.8 Å². The Morgan fingerprint density at radius 1 is 1.17 bits per heavy atom. The summed E-state index contributed by atoms with van der Waals surface area (Å²) in [4.78, 5) is 12.4. The number of amides is 1. The van der Waals surface area contributed by atoms with Crippen LogP contribution >= 0.6 is 0 Å². The molecule has 24 heavy (non-hydrogen) atoms. The third-order valence-electron chi connectivity index (χ3n) is 4.62. The molecule has 1 aliphatic heterocycles. The van der Waals surface area contributed by atoms with Crippen molar-refractivity contribution in [3.63, 3.8) is 0 Å². The fraction of sp³-hybridized carbons (Fsp3) is 0.611. The summed E-state index contributed by atoms with van der Waals surface area (Å²) in [6.07, 6.45) is 4.09. The molecule has 5 nitrogen and oxygen atoms in total. The first kappa shape index (κ1) is 18.9. The molecule has 0 aromatic heterocycles. The molecule has 1 N–H and O–H groups in total. The molecule has 0 spiro atoms.